The maximum Gasteiger partial charge on any atom is 0.142 e. The van der Waals surface area contributed by atoms with Gasteiger partial charge in [0, 0.05) is 11.1 Å². The third-order valence-electron chi connectivity index (χ3n) is 2.65. The highest BCUT2D eigenvalue weighted by atomic mass is 35.5. The molecule has 0 spiro atoms. The summed E-state index contributed by atoms with van der Waals surface area (Å²) in [6.45, 7) is 1.04. The Morgan fingerprint density at radius 1 is 1.31 bits per heavy atom. The van der Waals surface area contributed by atoms with E-state index in [-0.39, 0.29) is 5.02 Å². The number of benzene rings is 1. The SMILES string of the molecule is Fc1cc(/C=C/C2CCCN2)c(Cl)cc1Cl. The molecule has 1 fully saturated rings. The van der Waals surface area contributed by atoms with Crippen molar-refractivity contribution in [2.75, 3.05) is 6.54 Å². The zero-order chi connectivity index (χ0) is 11.5. The van der Waals surface area contributed by atoms with Crippen LogP contribution < -0.4 is 5.32 Å². The average Bonchev–Trinajstić information content (AvgIpc) is 2.74. The van der Waals surface area contributed by atoms with Gasteiger partial charge in [0.2, 0.25) is 0 Å². The van der Waals surface area contributed by atoms with E-state index in [1.165, 1.54) is 18.6 Å². The highest BCUT2D eigenvalue weighted by molar-refractivity contribution is 6.35. The van der Waals surface area contributed by atoms with Gasteiger partial charge in [0.1, 0.15) is 5.82 Å². The van der Waals surface area contributed by atoms with Crippen molar-refractivity contribution < 1.29 is 4.39 Å². The van der Waals surface area contributed by atoms with E-state index in [0.717, 1.165) is 13.0 Å². The average molecular weight is 260 g/mol. The second kappa shape index (κ2) is 5.17. The number of hydrogen-bond donors (Lipinski definition) is 1. The zero-order valence-electron chi connectivity index (χ0n) is 8.64. The van der Waals surface area contributed by atoms with E-state index in [1.807, 2.05) is 12.2 Å². The lowest BCUT2D eigenvalue weighted by Crippen LogP contribution is -2.17. The smallest absolute Gasteiger partial charge is 0.142 e. The molecule has 1 saturated heterocycles. The van der Waals surface area contributed by atoms with E-state index in [0.29, 0.717) is 16.6 Å². The van der Waals surface area contributed by atoms with E-state index in [9.17, 15) is 4.39 Å². The lowest BCUT2D eigenvalue weighted by Gasteiger charge is -2.04. The van der Waals surface area contributed by atoms with Gasteiger partial charge in [0.25, 0.3) is 0 Å². The fraction of sp³-hybridized carbons (Fsp3) is 0.333. The van der Waals surface area contributed by atoms with E-state index in [2.05, 4.69) is 5.32 Å². The van der Waals surface area contributed by atoms with Gasteiger partial charge < -0.3 is 5.32 Å². The molecule has 0 aromatic heterocycles. The first-order valence-corrected chi connectivity index (χ1v) is 5.98. The number of halogens is 3. The molecule has 1 nitrogen and oxygen atoms in total. The minimum atomic E-state index is -0.440. The lowest BCUT2D eigenvalue weighted by atomic mass is 10.1. The summed E-state index contributed by atoms with van der Waals surface area (Å²) in [5, 5.41) is 3.85. The molecule has 4 heteroatoms. The number of rotatable bonds is 2. The Balaban J connectivity index is 2.17. The summed E-state index contributed by atoms with van der Waals surface area (Å²) in [6, 6.07) is 3.16. The van der Waals surface area contributed by atoms with Crippen molar-refractivity contribution in [2.45, 2.75) is 18.9 Å². The molecule has 0 aliphatic carbocycles. The summed E-state index contributed by atoms with van der Waals surface area (Å²) in [6.07, 6.45) is 6.15. The Kier molecular flexibility index (Phi) is 3.85. The zero-order valence-corrected chi connectivity index (χ0v) is 10.2. The minimum Gasteiger partial charge on any atom is -0.311 e. The summed E-state index contributed by atoms with van der Waals surface area (Å²) in [7, 11) is 0. The van der Waals surface area contributed by atoms with E-state index in [1.54, 1.807) is 0 Å². The van der Waals surface area contributed by atoms with Crippen LogP contribution in [0.2, 0.25) is 10.0 Å². The maximum atomic E-state index is 13.2. The molecule has 0 saturated carbocycles. The predicted octanol–water partition coefficient (Wildman–Crippen LogP) is 3.90. The second-order valence-electron chi connectivity index (χ2n) is 3.85. The number of hydrogen-bond acceptors (Lipinski definition) is 1. The molecule has 16 heavy (non-hydrogen) atoms. The number of nitrogens with one attached hydrogen (secondary N) is 1. The monoisotopic (exact) mass is 259 g/mol. The molecule has 1 unspecified atom stereocenters. The third-order valence-corrected chi connectivity index (χ3v) is 3.26. The third kappa shape index (κ3) is 2.76. The highest BCUT2D eigenvalue weighted by Gasteiger charge is 2.10. The Labute approximate surface area is 104 Å². The molecule has 1 atom stereocenters. The van der Waals surface area contributed by atoms with Crippen LogP contribution in [-0.4, -0.2) is 12.6 Å². The van der Waals surface area contributed by atoms with E-state index in [4.69, 9.17) is 23.2 Å². The van der Waals surface area contributed by atoms with Crippen molar-refractivity contribution in [1.29, 1.82) is 0 Å². The molecular weight excluding hydrogens is 248 g/mol. The maximum absolute atomic E-state index is 13.2. The first kappa shape index (κ1) is 11.9. The summed E-state index contributed by atoms with van der Waals surface area (Å²) in [5.41, 5.74) is 0.664. The Morgan fingerprint density at radius 3 is 2.81 bits per heavy atom. The molecule has 0 amide bonds. The van der Waals surface area contributed by atoms with Crippen LogP contribution in [0, 0.1) is 5.82 Å². The molecular formula is C12H12Cl2FN. The largest absolute Gasteiger partial charge is 0.311 e. The quantitative estimate of drug-likeness (QED) is 0.795. The van der Waals surface area contributed by atoms with Crippen LogP contribution in [0.3, 0.4) is 0 Å². The molecule has 1 N–H and O–H groups in total. The molecule has 1 aromatic carbocycles. The van der Waals surface area contributed by atoms with Crippen molar-refractivity contribution in [1.82, 2.24) is 5.32 Å². The Morgan fingerprint density at radius 2 is 2.12 bits per heavy atom. The van der Waals surface area contributed by atoms with Gasteiger partial charge in [0.05, 0.1) is 5.02 Å². The molecule has 0 radical (unpaired) electrons. The van der Waals surface area contributed by atoms with Gasteiger partial charge in [-0.05, 0) is 37.1 Å². The van der Waals surface area contributed by atoms with Gasteiger partial charge in [-0.3, -0.25) is 0 Å². The normalized spacial score (nSPS) is 20.8. The minimum absolute atomic E-state index is 0.0566. The van der Waals surface area contributed by atoms with Gasteiger partial charge >= 0.3 is 0 Å². The van der Waals surface area contributed by atoms with Gasteiger partial charge in [-0.15, -0.1) is 0 Å². The topological polar surface area (TPSA) is 12.0 Å². The van der Waals surface area contributed by atoms with Crippen molar-refractivity contribution in [2.24, 2.45) is 0 Å². The fourth-order valence-electron chi connectivity index (χ4n) is 1.76. The molecule has 2 rings (SSSR count). The van der Waals surface area contributed by atoms with Crippen LogP contribution >= 0.6 is 23.2 Å². The lowest BCUT2D eigenvalue weighted by molar-refractivity contribution is 0.628. The summed E-state index contributed by atoms with van der Waals surface area (Å²) < 4.78 is 13.2. The van der Waals surface area contributed by atoms with E-state index < -0.39 is 5.82 Å². The van der Waals surface area contributed by atoms with Crippen molar-refractivity contribution in [3.8, 4) is 0 Å². The highest BCUT2D eigenvalue weighted by Crippen LogP contribution is 2.25. The summed E-state index contributed by atoms with van der Waals surface area (Å²) >= 11 is 11.6. The van der Waals surface area contributed by atoms with Gasteiger partial charge in [0.15, 0.2) is 0 Å². The van der Waals surface area contributed by atoms with Crippen LogP contribution in [0.4, 0.5) is 4.39 Å². The first-order chi connectivity index (χ1) is 7.66. The van der Waals surface area contributed by atoms with Crippen LogP contribution in [0.25, 0.3) is 6.08 Å². The summed E-state index contributed by atoms with van der Waals surface area (Å²) in [5.74, 6) is -0.440. The van der Waals surface area contributed by atoms with Crippen molar-refractivity contribution in [3.05, 3.63) is 39.6 Å². The summed E-state index contributed by atoms with van der Waals surface area (Å²) in [4.78, 5) is 0. The Bertz CT molecular complexity index is 412. The second-order valence-corrected chi connectivity index (χ2v) is 4.66. The standard InChI is InChI=1S/C12H12Cl2FN/c13-10-7-11(14)12(15)6-8(10)3-4-9-2-1-5-16-9/h3-4,6-7,9,16H,1-2,5H2/b4-3+. The van der Waals surface area contributed by atoms with Gasteiger partial charge in [-0.1, -0.05) is 35.4 Å². The van der Waals surface area contributed by atoms with Crippen LogP contribution in [-0.2, 0) is 0 Å². The van der Waals surface area contributed by atoms with Gasteiger partial charge in [-0.25, -0.2) is 4.39 Å². The fourth-order valence-corrected chi connectivity index (χ4v) is 2.21. The van der Waals surface area contributed by atoms with Crippen LogP contribution in [0.15, 0.2) is 18.2 Å². The molecule has 1 heterocycles. The Hall–Kier alpha value is -0.570. The molecule has 1 aliphatic rings. The molecule has 86 valence electrons. The molecule has 1 aromatic rings. The molecule has 1 aliphatic heterocycles. The van der Waals surface area contributed by atoms with Crippen LogP contribution in [0.1, 0.15) is 18.4 Å². The molecule has 0 bridgehead atoms. The van der Waals surface area contributed by atoms with Gasteiger partial charge in [-0.2, -0.15) is 0 Å². The van der Waals surface area contributed by atoms with Crippen molar-refractivity contribution in [3.63, 3.8) is 0 Å². The van der Waals surface area contributed by atoms with Crippen LogP contribution in [0.5, 0.6) is 0 Å². The predicted molar refractivity (Wildman–Crippen MR) is 66.5 cm³/mol. The van der Waals surface area contributed by atoms with E-state index >= 15 is 0 Å². The first-order valence-electron chi connectivity index (χ1n) is 5.23. The van der Waals surface area contributed by atoms with Crippen molar-refractivity contribution >= 4 is 29.3 Å².